The predicted octanol–water partition coefficient (Wildman–Crippen LogP) is 3.66. The van der Waals surface area contributed by atoms with Crippen LogP contribution in [0.3, 0.4) is 0 Å². The van der Waals surface area contributed by atoms with Gasteiger partial charge in [0.1, 0.15) is 0 Å². The van der Waals surface area contributed by atoms with Crippen LogP contribution >= 0.6 is 0 Å². The van der Waals surface area contributed by atoms with Gasteiger partial charge in [0.15, 0.2) is 0 Å². The first-order valence-electron chi connectivity index (χ1n) is 10.0. The largest absolute Gasteiger partial charge is 0.274 e. The summed E-state index contributed by atoms with van der Waals surface area (Å²) < 4.78 is 25.1. The number of rotatable bonds is 6. The second-order valence-electron chi connectivity index (χ2n) is 7.51. The fraction of sp³-hybridized carbons (Fsp3) is 0.167. The van der Waals surface area contributed by atoms with E-state index < -0.39 is 15.3 Å². The van der Waals surface area contributed by atoms with Crippen LogP contribution in [0.15, 0.2) is 83.7 Å². The SMILES string of the molecule is CC(c1cccc(-c2nn(CCc3ccccc3)c(=O)c3ccccc23)c1)S(N)(=O)=O. The predicted molar refractivity (Wildman–Crippen MR) is 123 cm³/mol. The molecular formula is C24H23N3O3S. The number of aromatic nitrogens is 2. The van der Waals surface area contributed by atoms with Crippen LogP contribution in [0, 0.1) is 0 Å². The number of primary sulfonamides is 1. The van der Waals surface area contributed by atoms with Gasteiger partial charge in [-0.3, -0.25) is 4.79 Å². The minimum atomic E-state index is -3.73. The van der Waals surface area contributed by atoms with Gasteiger partial charge in [-0.15, -0.1) is 0 Å². The summed E-state index contributed by atoms with van der Waals surface area (Å²) in [6.07, 6.45) is 0.675. The van der Waals surface area contributed by atoms with Crippen LogP contribution in [-0.4, -0.2) is 18.2 Å². The fourth-order valence-corrected chi connectivity index (χ4v) is 4.13. The molecule has 0 fully saturated rings. The molecule has 0 aliphatic carbocycles. The van der Waals surface area contributed by atoms with Crippen molar-refractivity contribution in [1.29, 1.82) is 0 Å². The first-order valence-corrected chi connectivity index (χ1v) is 11.6. The minimum absolute atomic E-state index is 0.149. The van der Waals surface area contributed by atoms with Crippen LogP contribution in [-0.2, 0) is 23.0 Å². The number of fused-ring (bicyclic) bond motifs is 1. The lowest BCUT2D eigenvalue weighted by Crippen LogP contribution is -2.25. The van der Waals surface area contributed by atoms with Crippen molar-refractivity contribution in [3.63, 3.8) is 0 Å². The van der Waals surface area contributed by atoms with Crippen LogP contribution in [0.25, 0.3) is 22.0 Å². The molecule has 0 saturated carbocycles. The van der Waals surface area contributed by atoms with Crippen molar-refractivity contribution >= 4 is 20.8 Å². The zero-order valence-electron chi connectivity index (χ0n) is 17.1. The molecule has 0 amide bonds. The second-order valence-corrected chi connectivity index (χ2v) is 9.40. The van der Waals surface area contributed by atoms with E-state index in [1.54, 1.807) is 31.2 Å². The molecule has 158 valence electrons. The summed E-state index contributed by atoms with van der Waals surface area (Å²) in [5.41, 5.74) is 2.91. The smallest absolute Gasteiger partial charge is 0.267 e. The van der Waals surface area contributed by atoms with E-state index in [1.165, 1.54) is 4.68 Å². The quantitative estimate of drug-likeness (QED) is 0.502. The lowest BCUT2D eigenvalue weighted by atomic mass is 10.0. The second kappa shape index (κ2) is 8.45. The molecule has 0 saturated heterocycles. The lowest BCUT2D eigenvalue weighted by molar-refractivity contribution is 0.586. The van der Waals surface area contributed by atoms with E-state index in [-0.39, 0.29) is 5.56 Å². The molecule has 0 radical (unpaired) electrons. The Labute approximate surface area is 181 Å². The molecule has 0 aliphatic heterocycles. The van der Waals surface area contributed by atoms with Crippen LogP contribution in [0.4, 0.5) is 0 Å². The summed E-state index contributed by atoms with van der Waals surface area (Å²) in [6.45, 7) is 1.99. The van der Waals surface area contributed by atoms with Gasteiger partial charge in [-0.2, -0.15) is 5.10 Å². The third kappa shape index (κ3) is 4.42. The molecule has 1 unspecified atom stereocenters. The van der Waals surface area contributed by atoms with E-state index in [2.05, 4.69) is 5.10 Å². The van der Waals surface area contributed by atoms with E-state index in [9.17, 15) is 13.2 Å². The third-order valence-corrected chi connectivity index (χ3v) is 6.70. The highest BCUT2D eigenvalue weighted by Gasteiger charge is 2.19. The monoisotopic (exact) mass is 433 g/mol. The molecule has 31 heavy (non-hydrogen) atoms. The minimum Gasteiger partial charge on any atom is -0.267 e. The summed E-state index contributed by atoms with van der Waals surface area (Å²) >= 11 is 0. The highest BCUT2D eigenvalue weighted by molar-refractivity contribution is 7.89. The molecule has 1 heterocycles. The Hall–Kier alpha value is -3.29. The summed E-state index contributed by atoms with van der Waals surface area (Å²) in [5, 5.41) is 10.5. The maximum Gasteiger partial charge on any atom is 0.274 e. The number of hydrogen-bond donors (Lipinski definition) is 1. The normalized spacial score (nSPS) is 12.7. The number of aryl methyl sites for hydroxylation is 2. The molecule has 4 rings (SSSR count). The van der Waals surface area contributed by atoms with Gasteiger partial charge in [0.05, 0.1) is 16.3 Å². The highest BCUT2D eigenvalue weighted by Crippen LogP contribution is 2.28. The molecule has 6 nitrogen and oxygen atoms in total. The van der Waals surface area contributed by atoms with Crippen molar-refractivity contribution in [3.8, 4) is 11.3 Å². The van der Waals surface area contributed by atoms with Crippen molar-refractivity contribution in [2.75, 3.05) is 0 Å². The maximum absolute atomic E-state index is 13.0. The number of nitrogens with zero attached hydrogens (tertiary/aromatic N) is 2. The average molecular weight is 434 g/mol. The van der Waals surface area contributed by atoms with E-state index in [4.69, 9.17) is 5.14 Å². The van der Waals surface area contributed by atoms with Gasteiger partial charge in [-0.1, -0.05) is 66.7 Å². The Bertz CT molecular complexity index is 1400. The molecule has 1 aromatic heterocycles. The van der Waals surface area contributed by atoms with Crippen molar-refractivity contribution in [2.45, 2.75) is 25.1 Å². The first-order chi connectivity index (χ1) is 14.8. The summed E-state index contributed by atoms with van der Waals surface area (Å²) in [6, 6.07) is 24.4. The molecule has 4 aromatic rings. The summed E-state index contributed by atoms with van der Waals surface area (Å²) in [5.74, 6) is 0. The number of nitrogens with two attached hydrogens (primary N) is 1. The number of benzene rings is 3. The molecule has 7 heteroatoms. The Balaban J connectivity index is 1.83. The standard InChI is InChI=1S/C24H23N3O3S/c1-17(31(25,29)30)19-10-7-11-20(16-19)23-21-12-5-6-13-22(21)24(28)27(26-23)15-14-18-8-3-2-4-9-18/h2-13,16-17H,14-15H2,1H3,(H2,25,29,30). The van der Waals surface area contributed by atoms with E-state index in [0.717, 1.165) is 16.5 Å². The van der Waals surface area contributed by atoms with Gasteiger partial charge in [0, 0.05) is 17.5 Å². The van der Waals surface area contributed by atoms with Gasteiger partial charge in [0.2, 0.25) is 10.0 Å². The maximum atomic E-state index is 13.0. The fourth-order valence-electron chi connectivity index (χ4n) is 3.61. The zero-order chi connectivity index (χ0) is 22.0. The highest BCUT2D eigenvalue weighted by atomic mass is 32.2. The van der Waals surface area contributed by atoms with E-state index in [1.807, 2.05) is 54.6 Å². The van der Waals surface area contributed by atoms with Crippen LogP contribution < -0.4 is 10.7 Å². The van der Waals surface area contributed by atoms with Crippen LogP contribution in [0.5, 0.6) is 0 Å². The van der Waals surface area contributed by atoms with E-state index >= 15 is 0 Å². The van der Waals surface area contributed by atoms with E-state index in [0.29, 0.717) is 29.6 Å². The van der Waals surface area contributed by atoms with Crippen molar-refractivity contribution < 1.29 is 8.42 Å². The molecule has 1 atom stereocenters. The summed E-state index contributed by atoms with van der Waals surface area (Å²) in [7, 11) is -3.73. The van der Waals surface area contributed by atoms with Gasteiger partial charge >= 0.3 is 0 Å². The topological polar surface area (TPSA) is 95.0 Å². The van der Waals surface area contributed by atoms with Crippen LogP contribution in [0.1, 0.15) is 23.3 Å². The number of hydrogen-bond acceptors (Lipinski definition) is 4. The van der Waals surface area contributed by atoms with Crippen molar-refractivity contribution in [3.05, 3.63) is 100 Å². The molecule has 0 spiro atoms. The van der Waals surface area contributed by atoms with Gasteiger partial charge < -0.3 is 0 Å². The van der Waals surface area contributed by atoms with Gasteiger partial charge in [0.25, 0.3) is 5.56 Å². The van der Waals surface area contributed by atoms with Crippen molar-refractivity contribution in [1.82, 2.24) is 9.78 Å². The number of sulfonamides is 1. The van der Waals surface area contributed by atoms with Crippen molar-refractivity contribution in [2.24, 2.45) is 5.14 Å². The molecule has 0 aliphatic rings. The lowest BCUT2D eigenvalue weighted by Gasteiger charge is -2.14. The van der Waals surface area contributed by atoms with Gasteiger partial charge in [-0.25, -0.2) is 18.2 Å². The Morgan fingerprint density at radius 2 is 1.61 bits per heavy atom. The Morgan fingerprint density at radius 1 is 0.935 bits per heavy atom. The molecule has 3 aromatic carbocycles. The zero-order valence-corrected chi connectivity index (χ0v) is 17.9. The Morgan fingerprint density at radius 3 is 2.32 bits per heavy atom. The molecule has 2 N–H and O–H groups in total. The molecular weight excluding hydrogens is 410 g/mol. The molecule has 0 bridgehead atoms. The average Bonchev–Trinajstić information content (AvgIpc) is 2.78. The van der Waals surface area contributed by atoms with Gasteiger partial charge in [-0.05, 0) is 36.6 Å². The third-order valence-electron chi connectivity index (χ3n) is 5.45. The van der Waals surface area contributed by atoms with Crippen LogP contribution in [0.2, 0.25) is 0 Å². The summed E-state index contributed by atoms with van der Waals surface area (Å²) in [4.78, 5) is 13.0. The Kier molecular flexibility index (Phi) is 5.71. The first kappa shape index (κ1) is 21.0.